The number of aromatic nitrogens is 1. The summed E-state index contributed by atoms with van der Waals surface area (Å²) in [6.45, 7) is 4.38. The predicted octanol–water partition coefficient (Wildman–Crippen LogP) is 5.98. The van der Waals surface area contributed by atoms with Crippen molar-refractivity contribution in [2.75, 3.05) is 0 Å². The van der Waals surface area contributed by atoms with Gasteiger partial charge in [-0.05, 0) is 48.1 Å². The molecule has 0 unspecified atom stereocenters. The molecule has 2 heterocycles. The highest BCUT2D eigenvalue weighted by molar-refractivity contribution is 7.17. The zero-order valence-corrected chi connectivity index (χ0v) is 13.5. The van der Waals surface area contributed by atoms with Gasteiger partial charge in [0, 0.05) is 0 Å². The highest BCUT2D eigenvalue weighted by atomic mass is 32.1. The van der Waals surface area contributed by atoms with Crippen molar-refractivity contribution in [3.63, 3.8) is 0 Å². The third kappa shape index (κ3) is 1.99. The van der Waals surface area contributed by atoms with Crippen LogP contribution in [0.5, 0.6) is 0 Å². The lowest BCUT2D eigenvalue weighted by Gasteiger charge is -2.16. The first-order valence-electron chi connectivity index (χ1n) is 7.46. The number of thiophene rings is 1. The van der Waals surface area contributed by atoms with Gasteiger partial charge in [0.05, 0.1) is 21.6 Å². The molecular weight excluding hydrogens is 286 g/mol. The van der Waals surface area contributed by atoms with Crippen molar-refractivity contribution in [2.24, 2.45) is 0 Å². The van der Waals surface area contributed by atoms with Crippen LogP contribution in [0.4, 0.5) is 0 Å². The van der Waals surface area contributed by atoms with Gasteiger partial charge in [0.2, 0.25) is 0 Å². The van der Waals surface area contributed by atoms with E-state index in [4.69, 9.17) is 0 Å². The number of hydrogen-bond acceptors (Lipinski definition) is 1. The van der Waals surface area contributed by atoms with Gasteiger partial charge >= 0.3 is 0 Å². The molecule has 0 aliphatic carbocycles. The second-order valence-electron chi connectivity index (χ2n) is 5.64. The molecule has 0 radical (unpaired) electrons. The Labute approximate surface area is 134 Å². The second-order valence-corrected chi connectivity index (χ2v) is 6.59. The Morgan fingerprint density at radius 1 is 0.818 bits per heavy atom. The van der Waals surface area contributed by atoms with E-state index < -0.39 is 0 Å². The van der Waals surface area contributed by atoms with Gasteiger partial charge in [0.15, 0.2) is 0 Å². The van der Waals surface area contributed by atoms with Crippen molar-refractivity contribution < 1.29 is 0 Å². The molecule has 2 heteroatoms. The maximum absolute atomic E-state index is 2.41. The van der Waals surface area contributed by atoms with E-state index in [1.807, 2.05) is 0 Å². The molecule has 0 N–H and O–H groups in total. The van der Waals surface area contributed by atoms with Crippen LogP contribution in [0.3, 0.4) is 0 Å². The van der Waals surface area contributed by atoms with Gasteiger partial charge in [-0.25, -0.2) is 0 Å². The molecule has 0 aliphatic heterocycles. The minimum atomic E-state index is 1.26. The number of para-hydroxylation sites is 1. The van der Waals surface area contributed by atoms with E-state index in [0.29, 0.717) is 0 Å². The standard InChI is InChI=1S/C20H17NS/c1-14-7-6-8-15(2)20(14)21-17-11-12-22-19(17)13-18(21)16-9-4-3-5-10-16/h3-13H,1-2H3. The fraction of sp³-hybridized carbons (Fsp3) is 0.100. The fourth-order valence-electron chi connectivity index (χ4n) is 3.15. The van der Waals surface area contributed by atoms with E-state index in [2.05, 4.69) is 84.5 Å². The smallest absolute Gasteiger partial charge is 0.0643 e. The van der Waals surface area contributed by atoms with Crippen molar-refractivity contribution in [3.8, 4) is 16.9 Å². The molecular formula is C20H17NS. The van der Waals surface area contributed by atoms with E-state index in [0.717, 1.165) is 0 Å². The molecule has 0 saturated carbocycles. The summed E-state index contributed by atoms with van der Waals surface area (Å²) in [7, 11) is 0. The van der Waals surface area contributed by atoms with Crippen LogP contribution < -0.4 is 0 Å². The molecule has 22 heavy (non-hydrogen) atoms. The van der Waals surface area contributed by atoms with E-state index in [1.165, 1.54) is 38.3 Å². The molecule has 108 valence electrons. The number of fused-ring (bicyclic) bond motifs is 1. The van der Waals surface area contributed by atoms with Crippen molar-refractivity contribution in [3.05, 3.63) is 77.2 Å². The normalized spacial score (nSPS) is 11.2. The summed E-state index contributed by atoms with van der Waals surface area (Å²) >= 11 is 1.80. The van der Waals surface area contributed by atoms with Gasteiger partial charge in [-0.15, -0.1) is 11.3 Å². The SMILES string of the molecule is Cc1cccc(C)c1-n1c(-c2ccccc2)cc2sccc21. The van der Waals surface area contributed by atoms with Crippen molar-refractivity contribution in [1.82, 2.24) is 4.57 Å². The monoisotopic (exact) mass is 303 g/mol. The average Bonchev–Trinajstić information content (AvgIpc) is 3.10. The van der Waals surface area contributed by atoms with Gasteiger partial charge in [0.1, 0.15) is 0 Å². The quantitative estimate of drug-likeness (QED) is 0.429. The van der Waals surface area contributed by atoms with Crippen LogP contribution in [0.1, 0.15) is 11.1 Å². The highest BCUT2D eigenvalue weighted by Crippen LogP contribution is 2.36. The molecule has 0 saturated heterocycles. The summed E-state index contributed by atoms with van der Waals surface area (Å²) in [5.41, 5.74) is 7.73. The van der Waals surface area contributed by atoms with Crippen LogP contribution >= 0.6 is 11.3 Å². The van der Waals surface area contributed by atoms with Gasteiger partial charge in [-0.1, -0.05) is 48.5 Å². The first-order chi connectivity index (χ1) is 10.8. The Bertz CT molecular complexity index is 924. The number of benzene rings is 2. The molecule has 4 aromatic rings. The maximum atomic E-state index is 2.41. The summed E-state index contributed by atoms with van der Waals surface area (Å²) < 4.78 is 3.74. The lowest BCUT2D eigenvalue weighted by Crippen LogP contribution is -2.01. The van der Waals surface area contributed by atoms with Crippen LogP contribution in [-0.2, 0) is 0 Å². The maximum Gasteiger partial charge on any atom is 0.0643 e. The number of rotatable bonds is 2. The zero-order chi connectivity index (χ0) is 15.1. The molecule has 1 nitrogen and oxygen atoms in total. The van der Waals surface area contributed by atoms with Crippen LogP contribution in [-0.4, -0.2) is 4.57 Å². The molecule has 0 fully saturated rings. The van der Waals surface area contributed by atoms with Gasteiger partial charge in [0.25, 0.3) is 0 Å². The minimum Gasteiger partial charge on any atom is -0.308 e. The first kappa shape index (κ1) is 13.4. The summed E-state index contributed by atoms with van der Waals surface area (Å²) in [5, 5.41) is 2.17. The van der Waals surface area contributed by atoms with E-state index in [-0.39, 0.29) is 0 Å². The van der Waals surface area contributed by atoms with Gasteiger partial charge < -0.3 is 4.57 Å². The Hall–Kier alpha value is -2.32. The third-order valence-electron chi connectivity index (χ3n) is 4.16. The molecule has 2 aromatic heterocycles. The summed E-state index contributed by atoms with van der Waals surface area (Å²) in [4.78, 5) is 0. The van der Waals surface area contributed by atoms with Gasteiger partial charge in [-0.2, -0.15) is 0 Å². The summed E-state index contributed by atoms with van der Waals surface area (Å²) in [5.74, 6) is 0. The zero-order valence-electron chi connectivity index (χ0n) is 12.7. The molecule has 0 aliphatic rings. The lowest BCUT2D eigenvalue weighted by atomic mass is 10.1. The van der Waals surface area contributed by atoms with Crippen molar-refractivity contribution in [1.29, 1.82) is 0 Å². The molecule has 0 atom stereocenters. The lowest BCUT2D eigenvalue weighted by molar-refractivity contribution is 1.09. The van der Waals surface area contributed by atoms with Crippen molar-refractivity contribution in [2.45, 2.75) is 13.8 Å². The van der Waals surface area contributed by atoms with Crippen LogP contribution in [0.2, 0.25) is 0 Å². The number of nitrogens with zero attached hydrogens (tertiary/aromatic N) is 1. The van der Waals surface area contributed by atoms with E-state index >= 15 is 0 Å². The molecule has 4 rings (SSSR count). The fourth-order valence-corrected chi connectivity index (χ4v) is 3.95. The van der Waals surface area contributed by atoms with Crippen LogP contribution in [0, 0.1) is 13.8 Å². The molecule has 0 spiro atoms. The van der Waals surface area contributed by atoms with E-state index in [9.17, 15) is 0 Å². The highest BCUT2D eigenvalue weighted by Gasteiger charge is 2.15. The van der Waals surface area contributed by atoms with Gasteiger partial charge in [-0.3, -0.25) is 0 Å². The Morgan fingerprint density at radius 3 is 2.27 bits per heavy atom. The minimum absolute atomic E-state index is 1.26. The average molecular weight is 303 g/mol. The second kappa shape index (κ2) is 5.15. The molecule has 0 amide bonds. The molecule has 2 aromatic carbocycles. The van der Waals surface area contributed by atoms with Crippen LogP contribution in [0.25, 0.3) is 27.2 Å². The third-order valence-corrected chi connectivity index (χ3v) is 5.01. The largest absolute Gasteiger partial charge is 0.308 e. The Balaban J connectivity index is 2.10. The number of hydrogen-bond donors (Lipinski definition) is 0. The topological polar surface area (TPSA) is 4.93 Å². The van der Waals surface area contributed by atoms with Crippen LogP contribution in [0.15, 0.2) is 66.0 Å². The summed E-state index contributed by atoms with van der Waals surface area (Å²) in [6.07, 6.45) is 0. The first-order valence-corrected chi connectivity index (χ1v) is 8.34. The Morgan fingerprint density at radius 2 is 1.55 bits per heavy atom. The van der Waals surface area contributed by atoms with Crippen molar-refractivity contribution >= 4 is 21.6 Å². The summed E-state index contributed by atoms with van der Waals surface area (Å²) in [6, 6.07) is 21.7. The molecule has 0 bridgehead atoms. The Kier molecular flexibility index (Phi) is 3.12. The predicted molar refractivity (Wildman–Crippen MR) is 96.1 cm³/mol. The number of aryl methyl sites for hydroxylation is 2. The van der Waals surface area contributed by atoms with E-state index in [1.54, 1.807) is 11.3 Å².